The van der Waals surface area contributed by atoms with Crippen molar-refractivity contribution in [1.82, 2.24) is 0 Å². The maximum Gasteiger partial charge on any atom is 0.223 e. The van der Waals surface area contributed by atoms with E-state index in [-0.39, 0.29) is 5.91 Å². The zero-order valence-electron chi connectivity index (χ0n) is 10.6. The van der Waals surface area contributed by atoms with Gasteiger partial charge in [0.25, 0.3) is 0 Å². The van der Waals surface area contributed by atoms with Gasteiger partial charge >= 0.3 is 0 Å². The average molecular weight is 207 g/mol. The third-order valence-corrected chi connectivity index (χ3v) is 2.19. The molecule has 0 N–H and O–H groups in total. The van der Waals surface area contributed by atoms with Crippen LogP contribution in [0.2, 0.25) is 0 Å². The maximum absolute atomic E-state index is 11.1. The molecule has 0 aromatic heterocycles. The van der Waals surface area contributed by atoms with E-state index >= 15 is 0 Å². The molecule has 0 saturated carbocycles. The summed E-state index contributed by atoms with van der Waals surface area (Å²) in [6, 6.07) is 6.07. The Labute approximate surface area is 92.9 Å². The van der Waals surface area contributed by atoms with E-state index in [1.807, 2.05) is 39.8 Å². The monoisotopic (exact) mass is 207 g/mol. The van der Waals surface area contributed by atoms with Crippen molar-refractivity contribution in [2.75, 3.05) is 11.9 Å². The van der Waals surface area contributed by atoms with Crippen molar-refractivity contribution >= 4 is 11.6 Å². The van der Waals surface area contributed by atoms with E-state index in [1.165, 1.54) is 5.56 Å². The molecule has 0 saturated heterocycles. The Morgan fingerprint density at radius 1 is 1.20 bits per heavy atom. The van der Waals surface area contributed by atoms with Crippen LogP contribution in [0.25, 0.3) is 0 Å². The third-order valence-electron chi connectivity index (χ3n) is 2.19. The van der Waals surface area contributed by atoms with Crippen LogP contribution in [0.5, 0.6) is 0 Å². The Morgan fingerprint density at radius 2 is 1.73 bits per heavy atom. The van der Waals surface area contributed by atoms with Gasteiger partial charge in [-0.15, -0.1) is 0 Å². The molecule has 0 fully saturated rings. The van der Waals surface area contributed by atoms with E-state index < -0.39 is 0 Å². The van der Waals surface area contributed by atoms with Gasteiger partial charge in [-0.3, -0.25) is 4.79 Å². The highest BCUT2D eigenvalue weighted by Crippen LogP contribution is 2.19. The molecule has 0 radical (unpaired) electrons. The number of nitrogens with zero attached hydrogens (tertiary/aromatic N) is 1. The highest BCUT2D eigenvalue weighted by molar-refractivity contribution is 5.91. The topological polar surface area (TPSA) is 20.3 Å². The van der Waals surface area contributed by atoms with Crippen LogP contribution in [0.4, 0.5) is 5.69 Å². The fraction of sp³-hybridized carbons (Fsp3) is 0.462. The van der Waals surface area contributed by atoms with E-state index in [1.54, 1.807) is 18.9 Å². The van der Waals surface area contributed by atoms with Crippen LogP contribution in [0.3, 0.4) is 0 Å². The van der Waals surface area contributed by atoms with Crippen LogP contribution in [0, 0.1) is 13.8 Å². The van der Waals surface area contributed by atoms with Crippen molar-refractivity contribution in [3.05, 3.63) is 29.3 Å². The first-order valence-corrected chi connectivity index (χ1v) is 5.34. The molecule has 2 nitrogen and oxygen atoms in total. The molecule has 0 spiro atoms. The van der Waals surface area contributed by atoms with Crippen LogP contribution in [-0.2, 0) is 4.79 Å². The molecule has 1 amide bonds. The van der Waals surface area contributed by atoms with E-state index in [9.17, 15) is 4.79 Å². The Kier molecular flexibility index (Phi) is 5.68. The molecule has 0 atom stereocenters. The molecule has 2 heteroatoms. The summed E-state index contributed by atoms with van der Waals surface area (Å²) in [7, 11) is 1.79. The summed E-state index contributed by atoms with van der Waals surface area (Å²) in [5, 5.41) is 0. The van der Waals surface area contributed by atoms with Crippen LogP contribution >= 0.6 is 0 Å². The predicted octanol–water partition coefficient (Wildman–Crippen LogP) is 3.31. The minimum atomic E-state index is 0.0620. The van der Waals surface area contributed by atoms with Crippen LogP contribution in [-0.4, -0.2) is 13.0 Å². The zero-order valence-corrected chi connectivity index (χ0v) is 10.6. The van der Waals surface area contributed by atoms with Crippen LogP contribution in [0.15, 0.2) is 18.2 Å². The number of aryl methyl sites for hydroxylation is 2. The normalized spacial score (nSPS) is 8.93. The van der Waals surface area contributed by atoms with E-state index in [2.05, 4.69) is 6.07 Å². The lowest BCUT2D eigenvalue weighted by Crippen LogP contribution is -2.23. The quantitative estimate of drug-likeness (QED) is 0.692. The first kappa shape index (κ1) is 13.7. The standard InChI is InChI=1S/C11H15NO.C2H6/c1-8-5-6-11(9(2)7-8)12(4)10(3)13;1-2/h5-7H,1-4H3;1-2H3. The minimum absolute atomic E-state index is 0.0620. The highest BCUT2D eigenvalue weighted by Gasteiger charge is 2.07. The summed E-state index contributed by atoms with van der Waals surface area (Å²) in [5.41, 5.74) is 3.34. The highest BCUT2D eigenvalue weighted by atomic mass is 16.2. The summed E-state index contributed by atoms with van der Waals surface area (Å²) in [4.78, 5) is 12.8. The van der Waals surface area contributed by atoms with Crippen molar-refractivity contribution in [2.45, 2.75) is 34.6 Å². The van der Waals surface area contributed by atoms with Gasteiger partial charge in [-0.05, 0) is 25.5 Å². The van der Waals surface area contributed by atoms with Gasteiger partial charge < -0.3 is 4.90 Å². The number of hydrogen-bond acceptors (Lipinski definition) is 1. The molecule has 0 aliphatic rings. The Bertz CT molecular complexity index is 331. The molecule has 0 heterocycles. The van der Waals surface area contributed by atoms with Gasteiger partial charge in [0.05, 0.1) is 0 Å². The number of benzene rings is 1. The lowest BCUT2D eigenvalue weighted by Gasteiger charge is -2.17. The summed E-state index contributed by atoms with van der Waals surface area (Å²) in [6.07, 6.45) is 0. The fourth-order valence-corrected chi connectivity index (χ4v) is 1.35. The van der Waals surface area contributed by atoms with Gasteiger partial charge in [-0.25, -0.2) is 0 Å². The molecule has 0 bridgehead atoms. The molecule has 15 heavy (non-hydrogen) atoms. The SMILES string of the molecule is CC.CC(=O)N(C)c1ccc(C)cc1C. The molecular formula is C13H21NO. The largest absolute Gasteiger partial charge is 0.315 e. The number of hydrogen-bond donors (Lipinski definition) is 0. The predicted molar refractivity (Wildman–Crippen MR) is 66.3 cm³/mol. The average Bonchev–Trinajstić information content (AvgIpc) is 2.20. The van der Waals surface area contributed by atoms with E-state index in [0.717, 1.165) is 11.3 Å². The molecule has 1 rings (SSSR count). The van der Waals surface area contributed by atoms with Crippen molar-refractivity contribution in [3.8, 4) is 0 Å². The molecule has 84 valence electrons. The summed E-state index contributed by atoms with van der Waals surface area (Å²) in [5.74, 6) is 0.0620. The Morgan fingerprint density at radius 3 is 2.13 bits per heavy atom. The van der Waals surface area contributed by atoms with Crippen LogP contribution in [0.1, 0.15) is 31.9 Å². The zero-order chi connectivity index (χ0) is 12.0. The van der Waals surface area contributed by atoms with Crippen molar-refractivity contribution in [1.29, 1.82) is 0 Å². The first-order chi connectivity index (χ1) is 7.02. The number of amides is 1. The van der Waals surface area contributed by atoms with Gasteiger partial charge in [0.2, 0.25) is 5.91 Å². The van der Waals surface area contributed by atoms with Gasteiger partial charge in [-0.2, -0.15) is 0 Å². The summed E-state index contributed by atoms with van der Waals surface area (Å²) < 4.78 is 0. The minimum Gasteiger partial charge on any atom is -0.315 e. The molecule has 1 aromatic carbocycles. The molecule has 0 unspecified atom stereocenters. The molecule has 0 aliphatic heterocycles. The Balaban J connectivity index is 0.000000921. The smallest absolute Gasteiger partial charge is 0.223 e. The summed E-state index contributed by atoms with van der Waals surface area (Å²) in [6.45, 7) is 9.63. The second-order valence-electron chi connectivity index (χ2n) is 3.37. The van der Waals surface area contributed by atoms with E-state index in [4.69, 9.17) is 0 Å². The van der Waals surface area contributed by atoms with E-state index in [0.29, 0.717) is 0 Å². The first-order valence-electron chi connectivity index (χ1n) is 5.34. The van der Waals surface area contributed by atoms with Crippen molar-refractivity contribution in [2.24, 2.45) is 0 Å². The second kappa shape index (κ2) is 6.23. The second-order valence-corrected chi connectivity index (χ2v) is 3.37. The lowest BCUT2D eigenvalue weighted by molar-refractivity contribution is -0.116. The van der Waals surface area contributed by atoms with Crippen LogP contribution < -0.4 is 4.90 Å². The molecule has 0 aliphatic carbocycles. The number of carbonyl (C=O) groups excluding carboxylic acids is 1. The number of rotatable bonds is 1. The lowest BCUT2D eigenvalue weighted by atomic mass is 10.1. The molecular weight excluding hydrogens is 186 g/mol. The van der Waals surface area contributed by atoms with Gasteiger partial charge in [0, 0.05) is 19.7 Å². The van der Waals surface area contributed by atoms with Gasteiger partial charge in [0.15, 0.2) is 0 Å². The van der Waals surface area contributed by atoms with Crippen molar-refractivity contribution in [3.63, 3.8) is 0 Å². The molecule has 1 aromatic rings. The van der Waals surface area contributed by atoms with Crippen molar-refractivity contribution < 1.29 is 4.79 Å². The third kappa shape index (κ3) is 3.74. The van der Waals surface area contributed by atoms with Gasteiger partial charge in [0.1, 0.15) is 0 Å². The Hall–Kier alpha value is -1.31. The number of carbonyl (C=O) groups is 1. The fourth-order valence-electron chi connectivity index (χ4n) is 1.35. The summed E-state index contributed by atoms with van der Waals surface area (Å²) >= 11 is 0. The maximum atomic E-state index is 11.1. The van der Waals surface area contributed by atoms with Gasteiger partial charge in [-0.1, -0.05) is 31.5 Å². The number of anilines is 1.